The quantitative estimate of drug-likeness (QED) is 0.0448. The zero-order valence-electron chi connectivity index (χ0n) is 59.4. The number of carbonyl (C=O) groups excluding carboxylic acids is 1. The molecular weight excluding hydrogens is 1410 g/mol. The second-order valence-corrected chi connectivity index (χ2v) is 32.1. The molecule has 46 atom stereocenters. The number of hydrogen-bond acceptors (Lipinski definition) is 37. The van der Waals surface area contributed by atoms with Crippen LogP contribution in [0.2, 0.25) is 0 Å². The highest BCUT2D eigenvalue weighted by molar-refractivity contribution is 5.87. The first kappa shape index (κ1) is 82.7. The minimum atomic E-state index is -2.19. The van der Waals surface area contributed by atoms with Crippen LogP contribution in [0.1, 0.15) is 99.3 Å². The molecule has 37 heteroatoms. The fourth-order valence-corrected chi connectivity index (χ4v) is 19.4. The Morgan fingerprint density at radius 2 is 0.971 bits per heavy atom. The summed E-state index contributed by atoms with van der Waals surface area (Å²) in [6.07, 6.45) is -55.5. The van der Waals surface area contributed by atoms with Gasteiger partial charge in [0, 0.05) is 30.1 Å². The summed E-state index contributed by atoms with van der Waals surface area (Å²) in [6.45, 7) is 6.79. The van der Waals surface area contributed by atoms with Crippen molar-refractivity contribution in [3.63, 3.8) is 0 Å². The van der Waals surface area contributed by atoms with Crippen LogP contribution in [0.4, 0.5) is 0 Å². The molecule has 8 heterocycles. The summed E-state index contributed by atoms with van der Waals surface area (Å²) in [7, 11) is 0. The molecule has 0 amide bonds. The van der Waals surface area contributed by atoms with Crippen molar-refractivity contribution in [1.82, 2.24) is 0 Å². The minimum Gasteiger partial charge on any atom is -0.394 e. The molecule has 46 unspecified atom stereocenters. The van der Waals surface area contributed by atoms with E-state index in [0.717, 1.165) is 12.8 Å². The van der Waals surface area contributed by atoms with Crippen LogP contribution in [0.3, 0.4) is 0 Å². The number of hydrogen-bond donors (Lipinski definition) is 21. The molecule has 606 valence electrons. The van der Waals surface area contributed by atoms with Crippen molar-refractivity contribution in [2.45, 2.75) is 326 Å². The van der Waals surface area contributed by atoms with Crippen molar-refractivity contribution in [2.75, 3.05) is 39.6 Å². The number of rotatable bonds is 22. The van der Waals surface area contributed by atoms with Gasteiger partial charge >= 0.3 is 0 Å². The van der Waals surface area contributed by atoms with Gasteiger partial charge in [-0.05, 0) is 93.8 Å². The van der Waals surface area contributed by atoms with E-state index >= 15 is 0 Å². The number of aliphatic hydroxyl groups is 21. The molecule has 8 aliphatic heterocycles. The Labute approximate surface area is 605 Å². The Balaban J connectivity index is 0.659. The van der Waals surface area contributed by atoms with Crippen LogP contribution in [-0.2, 0) is 75.8 Å². The summed E-state index contributed by atoms with van der Waals surface area (Å²) in [5.74, 6) is -1.91. The van der Waals surface area contributed by atoms with Crippen molar-refractivity contribution in [2.24, 2.45) is 52.3 Å². The Morgan fingerprint density at radius 3 is 1.60 bits per heavy atom. The van der Waals surface area contributed by atoms with Crippen LogP contribution in [-0.4, -0.2) is 379 Å². The average molecular weight is 1520 g/mol. The van der Waals surface area contributed by atoms with Crippen LogP contribution in [0.5, 0.6) is 0 Å². The van der Waals surface area contributed by atoms with Crippen LogP contribution in [0.15, 0.2) is 0 Å². The molecule has 12 rings (SSSR count). The van der Waals surface area contributed by atoms with Crippen molar-refractivity contribution in [3.8, 4) is 0 Å². The lowest BCUT2D eigenvalue weighted by atomic mass is 9.44. The van der Waals surface area contributed by atoms with Gasteiger partial charge in [0.2, 0.25) is 0 Å². The Hall–Kier alpha value is -1.77. The summed E-state index contributed by atoms with van der Waals surface area (Å²) in [6, 6.07) is 0. The van der Waals surface area contributed by atoms with Crippen LogP contribution >= 0.6 is 0 Å². The lowest BCUT2D eigenvalue weighted by molar-refractivity contribution is -0.408. The number of carbonyl (C=O) groups is 1. The topological polar surface area (TPSA) is 580 Å². The lowest BCUT2D eigenvalue weighted by Gasteiger charge is -2.60. The highest BCUT2D eigenvalue weighted by Gasteiger charge is 2.72. The zero-order valence-corrected chi connectivity index (χ0v) is 59.4. The molecule has 0 radical (unpaired) electrons. The number of aliphatic hydroxyl groups excluding tert-OH is 20. The third-order valence-electron chi connectivity index (χ3n) is 25.8. The van der Waals surface area contributed by atoms with Gasteiger partial charge in [0.05, 0.1) is 64.1 Å². The van der Waals surface area contributed by atoms with E-state index in [-0.39, 0.29) is 65.8 Å². The third-order valence-corrected chi connectivity index (χ3v) is 25.8. The van der Waals surface area contributed by atoms with Gasteiger partial charge in [-0.15, -0.1) is 0 Å². The van der Waals surface area contributed by atoms with Crippen LogP contribution in [0, 0.1) is 52.3 Å². The van der Waals surface area contributed by atoms with Crippen molar-refractivity contribution < 1.29 is 183 Å². The van der Waals surface area contributed by atoms with E-state index in [2.05, 4.69) is 6.92 Å². The smallest absolute Gasteiger partial charge is 0.187 e. The summed E-state index contributed by atoms with van der Waals surface area (Å²) in [5.41, 5.74) is -1.05. The average Bonchev–Trinajstić information content (AvgIpc) is 1.54. The van der Waals surface area contributed by atoms with Gasteiger partial charge < -0.3 is 178 Å². The molecule has 8 saturated heterocycles. The molecule has 37 nitrogen and oxygen atoms in total. The molecule has 0 bridgehead atoms. The second kappa shape index (κ2) is 33.0. The molecule has 21 N–H and O–H groups in total. The van der Waals surface area contributed by atoms with Gasteiger partial charge in [0.1, 0.15) is 158 Å². The van der Waals surface area contributed by atoms with Crippen molar-refractivity contribution in [3.05, 3.63) is 0 Å². The summed E-state index contributed by atoms with van der Waals surface area (Å²) < 4.78 is 89.5. The largest absolute Gasteiger partial charge is 0.394 e. The van der Waals surface area contributed by atoms with E-state index < -0.39 is 265 Å². The first-order valence-electron chi connectivity index (χ1n) is 37.0. The molecule has 0 aromatic rings. The standard InChI is InChI=1S/C68H112O37/c1-22(20-91-59-49(85)44(80)41(77)33(16-69)96-59)9-12-68(90)23(2)38-32(105-68)14-30-28-8-7-26-13-27(10-11-66(26,5)29(28)15-37(74)67(30,38)6)95-63-52(88)46(82)55(35(18-71)98-63)101-64-53(89)47(83)56(36(19-72)99-64)102-65-58(104-60-48(84)40(76)31(73)21-92-60)57(42(78)34(17-70)97-65)103-62-51(87)45(81)54(25(4)94-62)100-61-50(86)43(79)39(75)24(3)93-61/h22-36,38-65,69-73,75-90H,7-21H2,1-6H3. The highest BCUT2D eigenvalue weighted by atomic mass is 16.8. The van der Waals surface area contributed by atoms with Gasteiger partial charge in [-0.1, -0.05) is 27.7 Å². The maximum Gasteiger partial charge on any atom is 0.187 e. The van der Waals surface area contributed by atoms with Crippen LogP contribution < -0.4 is 0 Å². The summed E-state index contributed by atoms with van der Waals surface area (Å²) in [5, 5.41) is 230. The zero-order chi connectivity index (χ0) is 76.1. The summed E-state index contributed by atoms with van der Waals surface area (Å²) in [4.78, 5) is 14.9. The monoisotopic (exact) mass is 1520 g/mol. The fraction of sp³-hybridized carbons (Fsp3) is 0.985. The van der Waals surface area contributed by atoms with Gasteiger partial charge in [0.25, 0.3) is 0 Å². The van der Waals surface area contributed by atoms with Crippen molar-refractivity contribution >= 4 is 5.78 Å². The molecule has 0 aromatic heterocycles. The molecule has 4 saturated carbocycles. The second-order valence-electron chi connectivity index (χ2n) is 32.1. The van der Waals surface area contributed by atoms with Crippen molar-refractivity contribution in [1.29, 1.82) is 0 Å². The number of ether oxygens (including phenoxy) is 15. The van der Waals surface area contributed by atoms with Gasteiger partial charge in [0.15, 0.2) is 49.8 Å². The third kappa shape index (κ3) is 15.4. The Kier molecular flexibility index (Phi) is 26.0. The maximum atomic E-state index is 14.9. The summed E-state index contributed by atoms with van der Waals surface area (Å²) >= 11 is 0. The Morgan fingerprint density at radius 1 is 0.476 bits per heavy atom. The van der Waals surface area contributed by atoms with Gasteiger partial charge in [-0.3, -0.25) is 4.79 Å². The van der Waals surface area contributed by atoms with E-state index in [9.17, 15) is 112 Å². The first-order chi connectivity index (χ1) is 49.6. The minimum absolute atomic E-state index is 0.0000505. The molecular formula is C68H112O37. The number of fused-ring (bicyclic) bond motifs is 7. The normalized spacial score (nSPS) is 55.6. The molecule has 0 aromatic carbocycles. The fourth-order valence-electron chi connectivity index (χ4n) is 19.4. The van der Waals surface area contributed by atoms with Gasteiger partial charge in [-0.25, -0.2) is 0 Å². The van der Waals surface area contributed by atoms with E-state index in [1.54, 1.807) is 0 Å². The number of Topliss-reactive ketones (excluding diaryl/α,β-unsaturated/α-hetero) is 1. The first-order valence-corrected chi connectivity index (χ1v) is 37.0. The number of ketones is 1. The Bertz CT molecular complexity index is 2840. The highest BCUT2D eigenvalue weighted by Crippen LogP contribution is 2.70. The predicted octanol–water partition coefficient (Wildman–Crippen LogP) is -8.61. The van der Waals surface area contributed by atoms with Gasteiger partial charge in [-0.2, -0.15) is 0 Å². The molecule has 4 aliphatic carbocycles. The predicted molar refractivity (Wildman–Crippen MR) is 341 cm³/mol. The lowest BCUT2D eigenvalue weighted by Crippen LogP contribution is -2.69. The molecule has 12 fully saturated rings. The molecule has 105 heavy (non-hydrogen) atoms. The maximum absolute atomic E-state index is 14.9. The van der Waals surface area contributed by atoms with Crippen LogP contribution in [0.25, 0.3) is 0 Å². The van der Waals surface area contributed by atoms with E-state index in [0.29, 0.717) is 38.5 Å². The van der Waals surface area contributed by atoms with E-state index in [4.69, 9.17) is 71.1 Å². The molecule has 12 aliphatic rings. The van der Waals surface area contributed by atoms with E-state index in [1.165, 1.54) is 13.8 Å². The molecule has 0 spiro atoms. The SMILES string of the molecule is CC(CCC1(O)OC2CC3C4CCC5CC(OC6OC(CO)C(OC7OC(CO)C(OC8OC(CO)C(O)C(OC9OC(C)C(OC%10OC(C)C(O)C(O)C%10O)C(O)C9O)C8OC8OCC(O)C(O)C8O)C(O)C7O)C(O)C6O)CCC5(C)C4CC(=O)C3(C)C2C1C)COC1OC(CO)C(O)C(O)C1O. The van der Waals surface area contributed by atoms with E-state index in [1.807, 2.05) is 20.8 Å².